The molecule has 1 aromatic rings. The van der Waals surface area contributed by atoms with Crippen LogP contribution in [-0.4, -0.2) is 0 Å². The summed E-state index contributed by atoms with van der Waals surface area (Å²) in [5.41, 5.74) is 6.70. The highest BCUT2D eigenvalue weighted by Gasteiger charge is 1.84. The molecule has 1 nitrogen and oxygen atoms in total. The molecule has 0 bridgehead atoms. The van der Waals surface area contributed by atoms with E-state index in [0.717, 1.165) is 5.22 Å². The second-order valence-corrected chi connectivity index (χ2v) is 2.59. The van der Waals surface area contributed by atoms with Crippen molar-refractivity contribution < 1.29 is 0 Å². The van der Waals surface area contributed by atoms with Gasteiger partial charge in [-0.25, -0.2) is 0 Å². The molecular formula is C10H13N. The maximum absolute atomic E-state index is 5.43. The molecule has 0 unspecified atom stereocenters. The molecule has 0 aliphatic rings. The van der Waals surface area contributed by atoms with Crippen LogP contribution in [0.5, 0.6) is 0 Å². The fourth-order valence-corrected chi connectivity index (χ4v) is 1.10. The van der Waals surface area contributed by atoms with Gasteiger partial charge < -0.3 is 5.73 Å². The predicted octanol–water partition coefficient (Wildman–Crippen LogP) is 0.492. The van der Waals surface area contributed by atoms with Gasteiger partial charge in [0.25, 0.3) is 0 Å². The van der Waals surface area contributed by atoms with Crippen LogP contribution >= 0.6 is 0 Å². The molecule has 0 aliphatic carbocycles. The molecule has 0 heterocycles. The maximum atomic E-state index is 5.43. The van der Waals surface area contributed by atoms with E-state index < -0.39 is 0 Å². The highest BCUT2D eigenvalue weighted by atomic mass is 14.5. The lowest BCUT2D eigenvalue weighted by atomic mass is 10.2. The van der Waals surface area contributed by atoms with Crippen molar-refractivity contribution in [1.82, 2.24) is 0 Å². The lowest BCUT2D eigenvalue weighted by molar-refractivity contribution is 1.39. The molecule has 0 aromatic heterocycles. The van der Waals surface area contributed by atoms with Gasteiger partial charge in [-0.1, -0.05) is 29.8 Å². The van der Waals surface area contributed by atoms with Crippen LogP contribution in [0.15, 0.2) is 18.2 Å². The normalized spacial score (nSPS) is 14.0. The van der Waals surface area contributed by atoms with Crippen molar-refractivity contribution in [2.75, 3.05) is 0 Å². The number of benzene rings is 1. The third-order valence-corrected chi connectivity index (χ3v) is 1.73. The zero-order valence-corrected chi connectivity index (χ0v) is 6.96. The molecule has 1 heteroatoms. The number of hydrogen-bond donors (Lipinski definition) is 1. The van der Waals surface area contributed by atoms with E-state index >= 15 is 0 Å². The first-order valence-corrected chi connectivity index (χ1v) is 3.73. The third kappa shape index (κ3) is 1.61. The Labute approximate surface area is 66.9 Å². The molecule has 0 aliphatic heterocycles. The average molecular weight is 147 g/mol. The first kappa shape index (κ1) is 7.86. The summed E-state index contributed by atoms with van der Waals surface area (Å²) in [6.45, 7) is 4.09. The Balaban J connectivity index is 3.55. The van der Waals surface area contributed by atoms with E-state index in [1.54, 1.807) is 6.20 Å². The molecule has 1 aromatic carbocycles. The van der Waals surface area contributed by atoms with Crippen LogP contribution in [0, 0.1) is 6.92 Å². The Morgan fingerprint density at radius 3 is 2.55 bits per heavy atom. The van der Waals surface area contributed by atoms with Crippen molar-refractivity contribution in [3.05, 3.63) is 34.2 Å². The lowest BCUT2D eigenvalue weighted by Gasteiger charge is -1.91. The average Bonchev–Trinajstić information content (AvgIpc) is 2.04. The van der Waals surface area contributed by atoms with Crippen LogP contribution in [0.4, 0.5) is 0 Å². The third-order valence-electron chi connectivity index (χ3n) is 1.73. The van der Waals surface area contributed by atoms with Crippen LogP contribution in [0.1, 0.15) is 12.5 Å². The Morgan fingerprint density at radius 1 is 1.27 bits per heavy atom. The minimum atomic E-state index is 1.10. The molecule has 0 atom stereocenters. The highest BCUT2D eigenvalue weighted by Crippen LogP contribution is 1.85. The van der Waals surface area contributed by atoms with Crippen molar-refractivity contribution >= 4 is 12.3 Å². The summed E-state index contributed by atoms with van der Waals surface area (Å²) in [5, 5.41) is 2.30. The molecular weight excluding hydrogens is 134 g/mol. The highest BCUT2D eigenvalue weighted by molar-refractivity contribution is 5.30. The first-order chi connectivity index (χ1) is 5.27. The van der Waals surface area contributed by atoms with Gasteiger partial charge in [-0.3, -0.25) is 0 Å². The summed E-state index contributed by atoms with van der Waals surface area (Å²) in [6, 6.07) is 6.22. The first-order valence-electron chi connectivity index (χ1n) is 3.73. The Hall–Kier alpha value is -1.24. The van der Waals surface area contributed by atoms with E-state index in [2.05, 4.69) is 25.1 Å². The number of hydrogen-bond acceptors (Lipinski definition) is 1. The van der Waals surface area contributed by atoms with Gasteiger partial charge in [0.2, 0.25) is 0 Å². The van der Waals surface area contributed by atoms with Gasteiger partial charge >= 0.3 is 0 Å². The number of rotatable bonds is 0. The largest absolute Gasteiger partial charge is 0.404 e. The van der Waals surface area contributed by atoms with E-state index in [-0.39, 0.29) is 0 Å². The fourth-order valence-electron chi connectivity index (χ4n) is 1.10. The zero-order chi connectivity index (χ0) is 8.27. The Kier molecular flexibility index (Phi) is 2.32. The van der Waals surface area contributed by atoms with E-state index in [1.807, 2.05) is 13.0 Å². The molecule has 0 radical (unpaired) electrons. The van der Waals surface area contributed by atoms with Gasteiger partial charge in [0.05, 0.1) is 0 Å². The number of nitrogens with two attached hydrogens (primary N) is 1. The van der Waals surface area contributed by atoms with Crippen LogP contribution in [0.25, 0.3) is 12.3 Å². The van der Waals surface area contributed by atoms with Crippen molar-refractivity contribution in [2.24, 2.45) is 5.73 Å². The summed E-state index contributed by atoms with van der Waals surface area (Å²) >= 11 is 0. The molecule has 0 amide bonds. The van der Waals surface area contributed by atoms with Gasteiger partial charge in [-0.15, -0.1) is 0 Å². The maximum Gasteiger partial charge on any atom is 0.00174 e. The monoisotopic (exact) mass is 147 g/mol. The van der Waals surface area contributed by atoms with Crippen molar-refractivity contribution in [3.63, 3.8) is 0 Å². The van der Waals surface area contributed by atoms with Gasteiger partial charge in [-0.2, -0.15) is 0 Å². The SMILES string of the molecule is C/C=c1/cc(C)cc/c1=C/N. The molecule has 11 heavy (non-hydrogen) atoms. The molecule has 0 spiro atoms. The Bertz CT molecular complexity index is 350. The van der Waals surface area contributed by atoms with E-state index in [4.69, 9.17) is 5.73 Å². The summed E-state index contributed by atoms with van der Waals surface area (Å²) in [7, 11) is 0. The summed E-state index contributed by atoms with van der Waals surface area (Å²) < 4.78 is 0. The van der Waals surface area contributed by atoms with Crippen LogP contribution in [0.3, 0.4) is 0 Å². The molecule has 58 valence electrons. The van der Waals surface area contributed by atoms with Crippen molar-refractivity contribution in [1.29, 1.82) is 0 Å². The zero-order valence-electron chi connectivity index (χ0n) is 6.96. The molecule has 2 N–H and O–H groups in total. The van der Waals surface area contributed by atoms with Gasteiger partial charge in [0.15, 0.2) is 0 Å². The predicted molar refractivity (Wildman–Crippen MR) is 49.2 cm³/mol. The summed E-state index contributed by atoms with van der Waals surface area (Å²) in [5.74, 6) is 0. The summed E-state index contributed by atoms with van der Waals surface area (Å²) in [4.78, 5) is 0. The Morgan fingerprint density at radius 2 is 2.00 bits per heavy atom. The smallest absolute Gasteiger partial charge is 0.00174 e. The van der Waals surface area contributed by atoms with Gasteiger partial charge in [0.1, 0.15) is 0 Å². The van der Waals surface area contributed by atoms with Crippen LogP contribution < -0.4 is 16.2 Å². The minimum Gasteiger partial charge on any atom is -0.404 e. The van der Waals surface area contributed by atoms with E-state index in [9.17, 15) is 0 Å². The topological polar surface area (TPSA) is 26.0 Å². The van der Waals surface area contributed by atoms with Crippen molar-refractivity contribution in [3.8, 4) is 0 Å². The number of aryl methyl sites for hydroxylation is 1. The van der Waals surface area contributed by atoms with Crippen LogP contribution in [0.2, 0.25) is 0 Å². The van der Waals surface area contributed by atoms with Crippen molar-refractivity contribution in [2.45, 2.75) is 13.8 Å². The molecule has 0 saturated heterocycles. The quantitative estimate of drug-likeness (QED) is 0.568. The second kappa shape index (κ2) is 3.24. The fraction of sp³-hybridized carbons (Fsp3) is 0.200. The van der Waals surface area contributed by atoms with Gasteiger partial charge in [-0.05, 0) is 24.3 Å². The molecule has 0 fully saturated rings. The van der Waals surface area contributed by atoms with Gasteiger partial charge in [0, 0.05) is 6.20 Å². The van der Waals surface area contributed by atoms with E-state index in [1.165, 1.54) is 10.8 Å². The minimum absolute atomic E-state index is 1.10. The second-order valence-electron chi connectivity index (χ2n) is 2.59. The molecule has 0 saturated carbocycles. The summed E-state index contributed by atoms with van der Waals surface area (Å²) in [6.07, 6.45) is 3.69. The van der Waals surface area contributed by atoms with Crippen LogP contribution in [-0.2, 0) is 0 Å². The van der Waals surface area contributed by atoms with E-state index in [0.29, 0.717) is 0 Å². The molecule has 1 rings (SSSR count). The lowest BCUT2D eigenvalue weighted by Crippen LogP contribution is -2.25. The standard InChI is InChI=1S/C10H13N/c1-3-9-6-8(2)4-5-10(9)7-11/h3-7H,11H2,1-2H3/b9-3-,10-7-.